The summed E-state index contributed by atoms with van der Waals surface area (Å²) in [6.07, 6.45) is 3.70. The second-order valence-corrected chi connectivity index (χ2v) is 5.63. The van der Waals surface area contributed by atoms with E-state index < -0.39 is 0 Å². The number of hydrogen-bond acceptors (Lipinski definition) is 5. The van der Waals surface area contributed by atoms with Crippen molar-refractivity contribution in [2.75, 3.05) is 24.5 Å². The number of amides is 1. The molecule has 0 aliphatic carbocycles. The Kier molecular flexibility index (Phi) is 5.13. The summed E-state index contributed by atoms with van der Waals surface area (Å²) in [4.78, 5) is 18.7. The van der Waals surface area contributed by atoms with E-state index >= 15 is 0 Å². The monoisotopic (exact) mass is 282 g/mol. The summed E-state index contributed by atoms with van der Waals surface area (Å²) in [6.45, 7) is 6.74. The second kappa shape index (κ2) is 6.84. The molecule has 0 saturated carbocycles. The smallest absolute Gasteiger partial charge is 0.223 e. The summed E-state index contributed by atoms with van der Waals surface area (Å²) in [5.41, 5.74) is 0. The average molecular weight is 282 g/mol. The molecule has 1 N–H and O–H groups in total. The van der Waals surface area contributed by atoms with E-state index in [0.29, 0.717) is 0 Å². The highest BCUT2D eigenvalue weighted by Gasteiger charge is 2.26. The molecule has 1 aromatic heterocycles. The SMILES string of the molecule is CCCNC(=O)C1CCN(c2nc(CC)ns2)CC1. The molecule has 0 unspecified atom stereocenters. The number of aryl methyl sites for hydroxylation is 1. The fourth-order valence-corrected chi connectivity index (χ4v) is 3.04. The molecular weight excluding hydrogens is 260 g/mol. The van der Waals surface area contributed by atoms with Crippen molar-refractivity contribution in [1.82, 2.24) is 14.7 Å². The molecule has 0 atom stereocenters. The van der Waals surface area contributed by atoms with Crippen LogP contribution in [0.1, 0.15) is 38.9 Å². The minimum atomic E-state index is 0.168. The summed E-state index contributed by atoms with van der Waals surface area (Å²) in [5, 5.41) is 3.99. The minimum Gasteiger partial charge on any atom is -0.356 e. The molecule has 2 rings (SSSR count). The van der Waals surface area contributed by atoms with Crippen LogP contribution in [0.2, 0.25) is 0 Å². The molecule has 2 heterocycles. The maximum Gasteiger partial charge on any atom is 0.223 e. The summed E-state index contributed by atoms with van der Waals surface area (Å²) >= 11 is 1.47. The maximum atomic E-state index is 11.9. The number of aromatic nitrogens is 2. The zero-order chi connectivity index (χ0) is 13.7. The number of piperidine rings is 1. The topological polar surface area (TPSA) is 58.1 Å². The van der Waals surface area contributed by atoms with E-state index in [1.54, 1.807) is 0 Å². The van der Waals surface area contributed by atoms with Crippen molar-refractivity contribution in [3.05, 3.63) is 5.82 Å². The molecule has 0 radical (unpaired) electrons. The lowest BCUT2D eigenvalue weighted by atomic mass is 9.96. The van der Waals surface area contributed by atoms with Crippen LogP contribution in [0.5, 0.6) is 0 Å². The standard InChI is InChI=1S/C13H22N4OS/c1-3-7-14-12(18)10-5-8-17(9-6-10)13-15-11(4-2)16-19-13/h10H,3-9H2,1-2H3,(H,14,18). The molecule has 1 aliphatic heterocycles. The lowest BCUT2D eigenvalue weighted by Crippen LogP contribution is -2.40. The normalized spacial score (nSPS) is 16.6. The highest BCUT2D eigenvalue weighted by atomic mass is 32.1. The van der Waals surface area contributed by atoms with E-state index in [0.717, 1.165) is 56.3 Å². The Morgan fingerprint density at radius 2 is 2.16 bits per heavy atom. The maximum absolute atomic E-state index is 11.9. The van der Waals surface area contributed by atoms with Gasteiger partial charge in [0.1, 0.15) is 5.82 Å². The number of nitrogens with zero attached hydrogens (tertiary/aromatic N) is 3. The van der Waals surface area contributed by atoms with Gasteiger partial charge in [0.25, 0.3) is 0 Å². The lowest BCUT2D eigenvalue weighted by Gasteiger charge is -2.30. The van der Waals surface area contributed by atoms with Gasteiger partial charge in [-0.05, 0) is 19.3 Å². The number of carbonyl (C=O) groups excluding carboxylic acids is 1. The molecular formula is C13H22N4OS. The first-order valence-electron chi connectivity index (χ1n) is 7.09. The van der Waals surface area contributed by atoms with Gasteiger partial charge in [-0.2, -0.15) is 4.37 Å². The van der Waals surface area contributed by atoms with Crippen LogP contribution in [0.3, 0.4) is 0 Å². The van der Waals surface area contributed by atoms with E-state index in [-0.39, 0.29) is 11.8 Å². The lowest BCUT2D eigenvalue weighted by molar-refractivity contribution is -0.125. The first-order valence-corrected chi connectivity index (χ1v) is 7.87. The van der Waals surface area contributed by atoms with Crippen molar-refractivity contribution >= 4 is 22.6 Å². The zero-order valence-corrected chi connectivity index (χ0v) is 12.5. The molecule has 0 aromatic carbocycles. The fraction of sp³-hybridized carbons (Fsp3) is 0.769. The van der Waals surface area contributed by atoms with Crippen molar-refractivity contribution in [1.29, 1.82) is 0 Å². The van der Waals surface area contributed by atoms with Crippen LogP contribution in [0.25, 0.3) is 0 Å². The summed E-state index contributed by atoms with van der Waals surface area (Å²) < 4.78 is 4.31. The third-order valence-electron chi connectivity index (χ3n) is 3.46. The van der Waals surface area contributed by atoms with Crippen LogP contribution in [0.4, 0.5) is 5.13 Å². The third-order valence-corrected chi connectivity index (χ3v) is 4.27. The van der Waals surface area contributed by atoms with Crippen LogP contribution in [0, 0.1) is 5.92 Å². The van der Waals surface area contributed by atoms with Gasteiger partial charge in [0.15, 0.2) is 0 Å². The number of rotatable bonds is 5. The van der Waals surface area contributed by atoms with Crippen LogP contribution in [-0.2, 0) is 11.2 Å². The van der Waals surface area contributed by atoms with Crippen molar-refractivity contribution < 1.29 is 4.79 Å². The van der Waals surface area contributed by atoms with Gasteiger partial charge in [-0.25, -0.2) is 4.98 Å². The minimum absolute atomic E-state index is 0.168. The predicted molar refractivity (Wildman–Crippen MR) is 77.5 cm³/mol. The molecule has 0 bridgehead atoms. The molecule has 6 heteroatoms. The van der Waals surface area contributed by atoms with Crippen molar-refractivity contribution in [2.24, 2.45) is 5.92 Å². The molecule has 5 nitrogen and oxygen atoms in total. The van der Waals surface area contributed by atoms with Crippen molar-refractivity contribution in [2.45, 2.75) is 39.5 Å². The fourth-order valence-electron chi connectivity index (χ4n) is 2.24. The summed E-state index contributed by atoms with van der Waals surface area (Å²) in [6, 6.07) is 0. The summed E-state index contributed by atoms with van der Waals surface area (Å²) in [5.74, 6) is 1.30. The Balaban J connectivity index is 1.83. The Hall–Kier alpha value is -1.17. The van der Waals surface area contributed by atoms with Crippen molar-refractivity contribution in [3.8, 4) is 0 Å². The Morgan fingerprint density at radius 1 is 1.42 bits per heavy atom. The Bertz CT molecular complexity index is 413. The van der Waals surface area contributed by atoms with E-state index in [1.807, 2.05) is 0 Å². The van der Waals surface area contributed by atoms with E-state index in [2.05, 4.69) is 33.4 Å². The van der Waals surface area contributed by atoms with Gasteiger partial charge in [-0.1, -0.05) is 13.8 Å². The molecule has 1 aromatic rings. The second-order valence-electron chi connectivity index (χ2n) is 4.90. The van der Waals surface area contributed by atoms with Crippen LogP contribution in [-0.4, -0.2) is 34.9 Å². The Labute approximate surface area is 118 Å². The van der Waals surface area contributed by atoms with Gasteiger partial charge < -0.3 is 10.2 Å². The average Bonchev–Trinajstić information content (AvgIpc) is 2.94. The van der Waals surface area contributed by atoms with Gasteiger partial charge in [-0.3, -0.25) is 4.79 Å². The predicted octanol–water partition coefficient (Wildman–Crippen LogP) is 1.84. The van der Waals surface area contributed by atoms with Crippen molar-refractivity contribution in [3.63, 3.8) is 0 Å². The molecule has 1 saturated heterocycles. The van der Waals surface area contributed by atoms with Crippen LogP contribution >= 0.6 is 11.5 Å². The molecule has 1 aliphatic rings. The summed E-state index contributed by atoms with van der Waals surface area (Å²) in [7, 11) is 0. The number of nitrogens with one attached hydrogen (secondary N) is 1. The van der Waals surface area contributed by atoms with Gasteiger partial charge >= 0.3 is 0 Å². The number of hydrogen-bond donors (Lipinski definition) is 1. The third kappa shape index (κ3) is 3.65. The molecule has 1 amide bonds. The quantitative estimate of drug-likeness (QED) is 0.895. The van der Waals surface area contributed by atoms with Crippen LogP contribution < -0.4 is 10.2 Å². The van der Waals surface area contributed by atoms with E-state index in [4.69, 9.17) is 0 Å². The van der Waals surface area contributed by atoms with E-state index in [9.17, 15) is 4.79 Å². The highest BCUT2D eigenvalue weighted by molar-refractivity contribution is 7.09. The largest absolute Gasteiger partial charge is 0.356 e. The number of anilines is 1. The Morgan fingerprint density at radius 3 is 2.74 bits per heavy atom. The van der Waals surface area contributed by atoms with Gasteiger partial charge in [-0.15, -0.1) is 0 Å². The van der Waals surface area contributed by atoms with Gasteiger partial charge in [0, 0.05) is 43.5 Å². The van der Waals surface area contributed by atoms with Gasteiger partial charge in [0.2, 0.25) is 11.0 Å². The first kappa shape index (κ1) is 14.2. The number of carbonyl (C=O) groups is 1. The van der Waals surface area contributed by atoms with Gasteiger partial charge in [0.05, 0.1) is 0 Å². The first-order chi connectivity index (χ1) is 9.24. The molecule has 0 spiro atoms. The van der Waals surface area contributed by atoms with E-state index in [1.165, 1.54) is 11.5 Å². The molecule has 1 fully saturated rings. The highest BCUT2D eigenvalue weighted by Crippen LogP contribution is 2.24. The molecule has 106 valence electrons. The molecule has 19 heavy (non-hydrogen) atoms. The van der Waals surface area contributed by atoms with Crippen LogP contribution in [0.15, 0.2) is 0 Å². The zero-order valence-electron chi connectivity index (χ0n) is 11.7.